The van der Waals surface area contributed by atoms with Gasteiger partial charge in [-0.25, -0.2) is 9.97 Å². The van der Waals surface area contributed by atoms with Crippen molar-refractivity contribution in [3.63, 3.8) is 0 Å². The molecule has 1 aromatic heterocycles. The highest BCUT2D eigenvalue weighted by Gasteiger charge is 2.30. The molecule has 5 nitrogen and oxygen atoms in total. The molecule has 7 heteroatoms. The van der Waals surface area contributed by atoms with Crippen LogP contribution in [0, 0.1) is 6.92 Å². The van der Waals surface area contributed by atoms with Crippen molar-refractivity contribution >= 4 is 22.4 Å². The molecule has 142 valence electrons. The van der Waals surface area contributed by atoms with Crippen LogP contribution in [-0.4, -0.2) is 28.7 Å². The van der Waals surface area contributed by atoms with Gasteiger partial charge in [-0.15, -0.1) is 0 Å². The van der Waals surface area contributed by atoms with Crippen molar-refractivity contribution in [1.29, 1.82) is 0 Å². The number of halogens is 2. The zero-order valence-corrected chi connectivity index (χ0v) is 15.4. The van der Waals surface area contributed by atoms with Crippen molar-refractivity contribution in [2.45, 2.75) is 25.8 Å². The Labute approximate surface area is 156 Å². The summed E-state index contributed by atoms with van der Waals surface area (Å²) < 4.78 is 27.6. The Kier molecular flexibility index (Phi) is 5.23. The quantitative estimate of drug-likeness (QED) is 0.604. The fourth-order valence-electron chi connectivity index (χ4n) is 2.93. The third-order valence-corrected chi connectivity index (χ3v) is 4.46. The van der Waals surface area contributed by atoms with E-state index in [2.05, 4.69) is 20.6 Å². The second kappa shape index (κ2) is 7.44. The zero-order valence-electron chi connectivity index (χ0n) is 15.4. The number of nitrogens with one attached hydrogen (secondary N) is 2. The van der Waals surface area contributed by atoms with Crippen LogP contribution >= 0.6 is 0 Å². The highest BCUT2D eigenvalue weighted by atomic mass is 19.3. The monoisotopic (exact) mass is 372 g/mol. The predicted molar refractivity (Wildman–Crippen MR) is 103 cm³/mol. The molecule has 0 radical (unpaired) electrons. The second-order valence-electron chi connectivity index (χ2n) is 6.46. The molecule has 1 heterocycles. The summed E-state index contributed by atoms with van der Waals surface area (Å²) in [5.74, 6) is -2.01. The first-order chi connectivity index (χ1) is 12.8. The van der Waals surface area contributed by atoms with E-state index in [-0.39, 0.29) is 11.6 Å². The lowest BCUT2D eigenvalue weighted by Gasteiger charge is -2.20. The second-order valence-corrected chi connectivity index (χ2v) is 6.46. The first-order valence-electron chi connectivity index (χ1n) is 8.66. The van der Waals surface area contributed by atoms with Crippen molar-refractivity contribution < 1.29 is 13.9 Å². The average Bonchev–Trinajstić information content (AvgIpc) is 2.67. The molecule has 2 aromatic carbocycles. The first-order valence-corrected chi connectivity index (χ1v) is 8.66. The van der Waals surface area contributed by atoms with E-state index < -0.39 is 12.5 Å². The minimum atomic E-state index is -3.27. The molecule has 1 atom stereocenters. The van der Waals surface area contributed by atoms with Crippen LogP contribution in [0.25, 0.3) is 10.9 Å². The molecular weight excluding hydrogens is 350 g/mol. The number of fused-ring (bicyclic) bond motifs is 1. The Balaban J connectivity index is 1.97. The summed E-state index contributed by atoms with van der Waals surface area (Å²) >= 11 is 0. The van der Waals surface area contributed by atoms with Gasteiger partial charge in [0.1, 0.15) is 18.2 Å². The molecular formula is C20H22F2N4O. The molecule has 3 rings (SSSR count). The largest absolute Gasteiger partial charge is 0.390 e. The molecule has 0 aliphatic heterocycles. The van der Waals surface area contributed by atoms with Gasteiger partial charge in [0, 0.05) is 29.7 Å². The molecule has 0 fully saturated rings. The van der Waals surface area contributed by atoms with Crippen LogP contribution < -0.4 is 10.6 Å². The molecule has 3 N–H and O–H groups in total. The number of rotatable bonds is 6. The van der Waals surface area contributed by atoms with Gasteiger partial charge in [-0.2, -0.15) is 8.78 Å². The summed E-state index contributed by atoms with van der Waals surface area (Å²) in [7, 11) is 1.83. The van der Waals surface area contributed by atoms with Crippen molar-refractivity contribution in [3.8, 4) is 0 Å². The Morgan fingerprint density at radius 3 is 2.63 bits per heavy atom. The molecule has 0 aliphatic carbocycles. The molecule has 0 bridgehead atoms. The topological polar surface area (TPSA) is 70.1 Å². The number of aliphatic hydroxyl groups excluding tert-OH is 1. The van der Waals surface area contributed by atoms with Gasteiger partial charge in [0.25, 0.3) is 5.92 Å². The Morgan fingerprint density at radius 1 is 1.15 bits per heavy atom. The Hall–Kier alpha value is -2.80. The number of nitrogens with zero attached hydrogens (tertiary/aromatic N) is 2. The van der Waals surface area contributed by atoms with E-state index in [0.29, 0.717) is 17.2 Å². The van der Waals surface area contributed by atoms with Crippen LogP contribution in [0.5, 0.6) is 0 Å². The molecule has 0 unspecified atom stereocenters. The smallest absolute Gasteiger partial charge is 0.295 e. The fraction of sp³-hybridized carbons (Fsp3) is 0.300. The van der Waals surface area contributed by atoms with Gasteiger partial charge in [-0.1, -0.05) is 18.2 Å². The molecule has 0 saturated carbocycles. The summed E-state index contributed by atoms with van der Waals surface area (Å²) in [6.07, 6.45) is 0. The lowest BCUT2D eigenvalue weighted by Crippen LogP contribution is -2.19. The zero-order chi connectivity index (χ0) is 19.6. The van der Waals surface area contributed by atoms with Crippen LogP contribution in [-0.2, 0) is 5.92 Å². The summed E-state index contributed by atoms with van der Waals surface area (Å²) in [5, 5.41) is 16.2. The number of aromatic nitrogens is 2. The number of benzene rings is 2. The molecule has 3 aromatic rings. The lowest BCUT2D eigenvalue weighted by atomic mass is 10.0. The summed E-state index contributed by atoms with van der Waals surface area (Å²) in [6, 6.07) is 11.6. The highest BCUT2D eigenvalue weighted by molar-refractivity contribution is 5.91. The number of hydrogen-bond donors (Lipinski definition) is 3. The summed E-state index contributed by atoms with van der Waals surface area (Å²) in [6.45, 7) is 2.46. The van der Waals surface area contributed by atoms with Gasteiger partial charge in [0.15, 0.2) is 0 Å². The van der Waals surface area contributed by atoms with E-state index in [1.54, 1.807) is 12.1 Å². The number of anilines is 2. The van der Waals surface area contributed by atoms with E-state index in [0.717, 1.165) is 16.6 Å². The maximum absolute atomic E-state index is 13.8. The fourth-order valence-corrected chi connectivity index (χ4v) is 2.93. The van der Waals surface area contributed by atoms with Gasteiger partial charge >= 0.3 is 0 Å². The predicted octanol–water partition coefficient (Wildman–Crippen LogP) is 4.24. The Bertz CT molecular complexity index is 962. The van der Waals surface area contributed by atoms with Crippen molar-refractivity contribution in [3.05, 3.63) is 59.4 Å². The molecule has 27 heavy (non-hydrogen) atoms. The van der Waals surface area contributed by atoms with Gasteiger partial charge in [-0.3, -0.25) is 0 Å². The highest BCUT2D eigenvalue weighted by Crippen LogP contribution is 2.31. The number of aliphatic hydroxyl groups is 1. The van der Waals surface area contributed by atoms with Crippen LogP contribution in [0.2, 0.25) is 0 Å². The van der Waals surface area contributed by atoms with E-state index in [4.69, 9.17) is 5.11 Å². The molecule has 0 aliphatic rings. The van der Waals surface area contributed by atoms with Crippen molar-refractivity contribution in [2.24, 2.45) is 0 Å². The van der Waals surface area contributed by atoms with Crippen LogP contribution in [0.1, 0.15) is 29.9 Å². The third kappa shape index (κ3) is 3.98. The van der Waals surface area contributed by atoms with E-state index in [9.17, 15) is 8.78 Å². The molecule has 0 spiro atoms. The normalized spacial score (nSPS) is 12.8. The van der Waals surface area contributed by atoms with Crippen LogP contribution in [0.3, 0.4) is 0 Å². The number of aryl methyl sites for hydroxylation is 1. The maximum Gasteiger partial charge on any atom is 0.295 e. The minimum Gasteiger partial charge on any atom is -0.390 e. The minimum absolute atomic E-state index is 0.211. The van der Waals surface area contributed by atoms with E-state index >= 15 is 0 Å². The van der Waals surface area contributed by atoms with Gasteiger partial charge < -0.3 is 15.7 Å². The first kappa shape index (κ1) is 19.0. The van der Waals surface area contributed by atoms with Crippen molar-refractivity contribution in [2.75, 3.05) is 24.3 Å². The number of hydrogen-bond acceptors (Lipinski definition) is 5. The van der Waals surface area contributed by atoms with Crippen LogP contribution in [0.15, 0.2) is 42.5 Å². The lowest BCUT2D eigenvalue weighted by molar-refractivity contribution is -0.0556. The third-order valence-electron chi connectivity index (χ3n) is 4.46. The summed E-state index contributed by atoms with van der Waals surface area (Å²) in [4.78, 5) is 8.93. The molecule has 0 saturated heterocycles. The van der Waals surface area contributed by atoms with Gasteiger partial charge in [-0.05, 0) is 43.7 Å². The number of alkyl halides is 2. The molecule has 0 amide bonds. The van der Waals surface area contributed by atoms with Crippen LogP contribution in [0.4, 0.5) is 20.3 Å². The van der Waals surface area contributed by atoms with Gasteiger partial charge in [0.2, 0.25) is 0 Å². The van der Waals surface area contributed by atoms with E-state index in [1.807, 2.05) is 39.1 Å². The van der Waals surface area contributed by atoms with Crippen molar-refractivity contribution in [1.82, 2.24) is 9.97 Å². The summed E-state index contributed by atoms with van der Waals surface area (Å²) in [5.41, 5.74) is 2.19. The van der Waals surface area contributed by atoms with E-state index in [1.165, 1.54) is 12.1 Å². The SMILES string of the molecule is CNc1ccc2nc(C)nc(N[C@H](C)c3cccc(C(F)(F)CO)c3)c2c1. The maximum atomic E-state index is 13.8. The Morgan fingerprint density at radius 2 is 1.93 bits per heavy atom. The average molecular weight is 372 g/mol. The van der Waals surface area contributed by atoms with Gasteiger partial charge in [0.05, 0.1) is 5.52 Å². The standard InChI is InChI=1S/C20H22F2N4O/c1-12(14-5-4-6-15(9-14)20(21,22)11-27)24-19-17-10-16(23-3)7-8-18(17)25-13(2)26-19/h4-10,12,23,27H,11H2,1-3H3,(H,24,25,26)/t12-/m1/s1.